The molecule has 71 valence electrons. The zero-order chi connectivity index (χ0) is 9.80. The van der Waals surface area contributed by atoms with Gasteiger partial charge in [0.25, 0.3) is 0 Å². The van der Waals surface area contributed by atoms with E-state index >= 15 is 0 Å². The van der Waals surface area contributed by atoms with Crippen LogP contribution in [0.5, 0.6) is 5.75 Å². The van der Waals surface area contributed by atoms with E-state index in [1.54, 1.807) is 13.4 Å². The SMILES string of the molecule is COc1ccccc1C1=[C]OC=CC1. The molecular weight excluding hydrogens is 176 g/mol. The third-order valence-corrected chi connectivity index (χ3v) is 2.10. The summed E-state index contributed by atoms with van der Waals surface area (Å²) in [5, 5.41) is 0. The van der Waals surface area contributed by atoms with E-state index in [1.165, 1.54) is 0 Å². The van der Waals surface area contributed by atoms with E-state index in [1.807, 2.05) is 30.3 Å². The minimum atomic E-state index is 0.834. The maximum atomic E-state index is 5.26. The maximum absolute atomic E-state index is 5.26. The second-order valence-corrected chi connectivity index (χ2v) is 2.97. The largest absolute Gasteiger partial charge is 0.496 e. The van der Waals surface area contributed by atoms with Gasteiger partial charge in [-0.1, -0.05) is 18.2 Å². The van der Waals surface area contributed by atoms with Crippen LogP contribution in [-0.2, 0) is 4.74 Å². The number of allylic oxidation sites excluding steroid dienone is 2. The van der Waals surface area contributed by atoms with Crippen molar-refractivity contribution in [2.24, 2.45) is 0 Å². The van der Waals surface area contributed by atoms with Crippen LogP contribution in [0.3, 0.4) is 0 Å². The monoisotopic (exact) mass is 187 g/mol. The molecule has 2 nitrogen and oxygen atoms in total. The van der Waals surface area contributed by atoms with E-state index in [0.29, 0.717) is 0 Å². The third kappa shape index (κ3) is 1.64. The van der Waals surface area contributed by atoms with Crippen LogP contribution < -0.4 is 4.74 Å². The summed E-state index contributed by atoms with van der Waals surface area (Å²) in [4.78, 5) is 0. The van der Waals surface area contributed by atoms with Crippen molar-refractivity contribution in [2.45, 2.75) is 6.42 Å². The second-order valence-electron chi connectivity index (χ2n) is 2.97. The molecule has 0 aromatic heterocycles. The predicted octanol–water partition coefficient (Wildman–Crippen LogP) is 2.77. The van der Waals surface area contributed by atoms with Crippen molar-refractivity contribution in [3.05, 3.63) is 48.4 Å². The summed E-state index contributed by atoms with van der Waals surface area (Å²) in [5.74, 6) is 0.855. The smallest absolute Gasteiger partial charge is 0.173 e. The molecule has 0 saturated carbocycles. The van der Waals surface area contributed by atoms with Crippen LogP contribution in [0.25, 0.3) is 5.57 Å². The summed E-state index contributed by atoms with van der Waals surface area (Å²) in [6.45, 7) is 0. The number of hydrogen-bond donors (Lipinski definition) is 0. The molecule has 1 radical (unpaired) electrons. The van der Waals surface area contributed by atoms with Crippen LogP contribution in [0.15, 0.2) is 36.6 Å². The zero-order valence-electron chi connectivity index (χ0n) is 7.99. The lowest BCUT2D eigenvalue weighted by atomic mass is 10.0. The van der Waals surface area contributed by atoms with Gasteiger partial charge in [0.15, 0.2) is 6.26 Å². The fourth-order valence-corrected chi connectivity index (χ4v) is 1.42. The Labute approximate surface area is 83.5 Å². The number of methoxy groups -OCH3 is 1. The maximum Gasteiger partial charge on any atom is 0.173 e. The first-order chi connectivity index (χ1) is 6.92. The van der Waals surface area contributed by atoms with Gasteiger partial charge < -0.3 is 9.47 Å². The molecule has 1 heterocycles. The standard InChI is InChI=1S/C12H11O2/c1-13-12-7-3-2-6-11(12)10-5-4-8-14-9-10/h2-4,6-8H,5H2,1H3. The lowest BCUT2D eigenvalue weighted by Gasteiger charge is -2.11. The molecule has 1 aliphatic rings. The highest BCUT2D eigenvalue weighted by Gasteiger charge is 2.09. The fraction of sp³-hybridized carbons (Fsp3) is 0.167. The van der Waals surface area contributed by atoms with Crippen LogP contribution in [0.1, 0.15) is 12.0 Å². The van der Waals surface area contributed by atoms with E-state index in [2.05, 4.69) is 6.26 Å². The van der Waals surface area contributed by atoms with Crippen LogP contribution in [0.2, 0.25) is 0 Å². The number of rotatable bonds is 2. The lowest BCUT2D eigenvalue weighted by molar-refractivity contribution is 0.369. The highest BCUT2D eigenvalue weighted by atomic mass is 16.5. The van der Waals surface area contributed by atoms with E-state index in [-0.39, 0.29) is 0 Å². The summed E-state index contributed by atoms with van der Waals surface area (Å²) in [6, 6.07) is 7.86. The second kappa shape index (κ2) is 4.01. The minimum absolute atomic E-state index is 0.834. The Bertz CT molecular complexity index is 378. The molecule has 0 unspecified atom stereocenters. The van der Waals surface area contributed by atoms with Crippen LogP contribution in [-0.4, -0.2) is 7.11 Å². The van der Waals surface area contributed by atoms with Gasteiger partial charge in [0.05, 0.1) is 13.4 Å². The van der Waals surface area contributed by atoms with Crippen molar-refractivity contribution in [3.63, 3.8) is 0 Å². The highest BCUT2D eigenvalue weighted by molar-refractivity contribution is 5.69. The minimum Gasteiger partial charge on any atom is -0.496 e. The highest BCUT2D eigenvalue weighted by Crippen LogP contribution is 2.29. The lowest BCUT2D eigenvalue weighted by Crippen LogP contribution is -1.93. The number of benzene rings is 1. The first kappa shape index (κ1) is 8.88. The van der Waals surface area contributed by atoms with E-state index in [4.69, 9.17) is 9.47 Å². The molecule has 0 N–H and O–H groups in total. The van der Waals surface area contributed by atoms with Gasteiger partial charge in [0, 0.05) is 11.1 Å². The molecule has 0 spiro atoms. The number of ether oxygens (including phenoxy) is 2. The van der Waals surface area contributed by atoms with Crippen LogP contribution >= 0.6 is 0 Å². The van der Waals surface area contributed by atoms with E-state index < -0.39 is 0 Å². The zero-order valence-corrected chi connectivity index (χ0v) is 7.99. The van der Waals surface area contributed by atoms with Crippen molar-refractivity contribution in [3.8, 4) is 5.75 Å². The molecule has 1 aliphatic heterocycles. The fourth-order valence-electron chi connectivity index (χ4n) is 1.42. The van der Waals surface area contributed by atoms with Gasteiger partial charge in [-0.25, -0.2) is 0 Å². The Kier molecular flexibility index (Phi) is 2.54. The van der Waals surface area contributed by atoms with E-state index in [0.717, 1.165) is 23.3 Å². The molecule has 0 atom stereocenters. The summed E-state index contributed by atoms with van der Waals surface area (Å²) >= 11 is 0. The normalized spacial score (nSPS) is 14.5. The molecule has 1 aromatic carbocycles. The Morgan fingerprint density at radius 2 is 2.21 bits per heavy atom. The quantitative estimate of drug-likeness (QED) is 0.708. The Morgan fingerprint density at radius 1 is 1.36 bits per heavy atom. The van der Waals surface area contributed by atoms with Gasteiger partial charge in [0.1, 0.15) is 5.75 Å². The summed E-state index contributed by atoms with van der Waals surface area (Å²) < 4.78 is 10.3. The van der Waals surface area contributed by atoms with Crippen molar-refractivity contribution in [1.29, 1.82) is 0 Å². The number of hydrogen-bond acceptors (Lipinski definition) is 2. The molecule has 14 heavy (non-hydrogen) atoms. The summed E-state index contributed by atoms with van der Waals surface area (Å²) in [6.07, 6.45) is 7.29. The first-order valence-electron chi connectivity index (χ1n) is 4.47. The molecule has 0 amide bonds. The molecule has 0 bridgehead atoms. The summed E-state index contributed by atoms with van der Waals surface area (Å²) in [5.41, 5.74) is 2.06. The Balaban J connectivity index is 2.35. The average Bonchev–Trinajstić information content (AvgIpc) is 2.30. The molecule has 2 rings (SSSR count). The van der Waals surface area contributed by atoms with Crippen LogP contribution in [0, 0.1) is 6.26 Å². The predicted molar refractivity (Wildman–Crippen MR) is 54.5 cm³/mol. The first-order valence-corrected chi connectivity index (χ1v) is 4.47. The van der Waals surface area contributed by atoms with Gasteiger partial charge in [-0.15, -0.1) is 0 Å². The number of para-hydroxylation sites is 1. The van der Waals surface area contributed by atoms with Crippen molar-refractivity contribution in [2.75, 3.05) is 7.11 Å². The van der Waals surface area contributed by atoms with Crippen molar-refractivity contribution >= 4 is 5.57 Å². The molecule has 2 heteroatoms. The van der Waals surface area contributed by atoms with Crippen molar-refractivity contribution < 1.29 is 9.47 Å². The third-order valence-electron chi connectivity index (χ3n) is 2.10. The molecule has 0 aliphatic carbocycles. The molecule has 1 aromatic rings. The molecule has 0 fully saturated rings. The van der Waals surface area contributed by atoms with Crippen molar-refractivity contribution in [1.82, 2.24) is 0 Å². The molecular formula is C12H11O2. The summed E-state index contributed by atoms with van der Waals surface area (Å²) in [7, 11) is 1.67. The van der Waals surface area contributed by atoms with E-state index in [9.17, 15) is 0 Å². The van der Waals surface area contributed by atoms with Gasteiger partial charge in [-0.3, -0.25) is 0 Å². The van der Waals surface area contributed by atoms with Gasteiger partial charge in [0.2, 0.25) is 0 Å². The topological polar surface area (TPSA) is 18.5 Å². The average molecular weight is 187 g/mol. The Morgan fingerprint density at radius 3 is 2.93 bits per heavy atom. The van der Waals surface area contributed by atoms with Gasteiger partial charge in [-0.05, 0) is 18.6 Å². The Hall–Kier alpha value is -1.70. The molecule has 0 saturated heterocycles. The van der Waals surface area contributed by atoms with Gasteiger partial charge in [-0.2, -0.15) is 0 Å². The van der Waals surface area contributed by atoms with Crippen LogP contribution in [0.4, 0.5) is 0 Å². The van der Waals surface area contributed by atoms with Gasteiger partial charge >= 0.3 is 0 Å².